The number of carbonyl (C=O) groups excluding carboxylic acids is 1. The lowest BCUT2D eigenvalue weighted by Crippen LogP contribution is -2.51. The minimum absolute atomic E-state index is 0.169. The quantitative estimate of drug-likeness (QED) is 0.363. The maximum Gasteiger partial charge on any atom is 0.253 e. The minimum Gasteiger partial charge on any atom is -0.383 e. The van der Waals surface area contributed by atoms with Gasteiger partial charge in [-0.3, -0.25) is 20.0 Å². The van der Waals surface area contributed by atoms with Crippen LogP contribution < -0.4 is 11.3 Å². The molecule has 0 spiro atoms. The smallest absolute Gasteiger partial charge is 0.253 e. The molecule has 1 amide bonds. The molecule has 0 aromatic heterocycles. The molecule has 0 radical (unpaired) electrons. The standard InChI is InChI=1S/C12H26N4O2/c1-4-15(5-2)10-6-7-16(8-10)11(9-18-3)12(17)14-13/h10-11H,4-9,13H2,1-3H3,(H,14,17). The maximum atomic E-state index is 11.7. The highest BCUT2D eigenvalue weighted by molar-refractivity contribution is 5.81. The van der Waals surface area contributed by atoms with E-state index < -0.39 is 0 Å². The van der Waals surface area contributed by atoms with Crippen molar-refractivity contribution in [2.45, 2.75) is 32.4 Å². The monoisotopic (exact) mass is 258 g/mol. The van der Waals surface area contributed by atoms with Gasteiger partial charge in [0.1, 0.15) is 6.04 Å². The Morgan fingerprint density at radius 2 is 2.22 bits per heavy atom. The molecule has 0 aliphatic carbocycles. The first-order valence-electron chi connectivity index (χ1n) is 6.65. The normalized spacial score (nSPS) is 22.4. The maximum absolute atomic E-state index is 11.7. The van der Waals surface area contributed by atoms with Gasteiger partial charge in [-0.2, -0.15) is 0 Å². The van der Waals surface area contributed by atoms with E-state index in [9.17, 15) is 4.79 Å². The number of methoxy groups -OCH3 is 1. The first kappa shape index (κ1) is 15.4. The number of amides is 1. The fourth-order valence-corrected chi connectivity index (χ4v) is 2.69. The third-order valence-corrected chi connectivity index (χ3v) is 3.73. The summed E-state index contributed by atoms with van der Waals surface area (Å²) in [6, 6.07) is 0.255. The van der Waals surface area contributed by atoms with Gasteiger partial charge in [0.05, 0.1) is 6.61 Å². The lowest BCUT2D eigenvalue weighted by atomic mass is 10.2. The summed E-state index contributed by atoms with van der Waals surface area (Å²) in [6.07, 6.45) is 1.10. The molecular weight excluding hydrogens is 232 g/mol. The van der Waals surface area contributed by atoms with E-state index in [0.29, 0.717) is 12.6 Å². The largest absolute Gasteiger partial charge is 0.383 e. The molecule has 18 heavy (non-hydrogen) atoms. The van der Waals surface area contributed by atoms with Crippen molar-refractivity contribution in [1.82, 2.24) is 15.2 Å². The van der Waals surface area contributed by atoms with E-state index in [1.165, 1.54) is 0 Å². The summed E-state index contributed by atoms with van der Waals surface area (Å²) in [5, 5.41) is 0. The Labute approximate surface area is 109 Å². The molecule has 1 rings (SSSR count). The second-order valence-electron chi connectivity index (χ2n) is 4.64. The second-order valence-corrected chi connectivity index (χ2v) is 4.64. The molecule has 2 atom stereocenters. The zero-order chi connectivity index (χ0) is 13.5. The molecule has 0 aromatic rings. The summed E-state index contributed by atoms with van der Waals surface area (Å²) in [4.78, 5) is 16.3. The number of hydrogen-bond donors (Lipinski definition) is 2. The van der Waals surface area contributed by atoms with Crippen molar-refractivity contribution in [1.29, 1.82) is 0 Å². The number of hydrogen-bond acceptors (Lipinski definition) is 5. The van der Waals surface area contributed by atoms with Crippen LogP contribution in [-0.2, 0) is 9.53 Å². The molecule has 0 bridgehead atoms. The zero-order valence-electron chi connectivity index (χ0n) is 11.7. The number of nitrogens with one attached hydrogen (secondary N) is 1. The van der Waals surface area contributed by atoms with Crippen LogP contribution >= 0.6 is 0 Å². The number of nitrogens with two attached hydrogens (primary N) is 1. The fourth-order valence-electron chi connectivity index (χ4n) is 2.69. The third kappa shape index (κ3) is 3.65. The Hall–Kier alpha value is -0.690. The Balaban J connectivity index is 2.59. The van der Waals surface area contributed by atoms with E-state index in [0.717, 1.165) is 32.6 Å². The number of likely N-dealkylation sites (tertiary alicyclic amines) is 1. The number of carbonyl (C=O) groups is 1. The van der Waals surface area contributed by atoms with Crippen LogP contribution in [0.15, 0.2) is 0 Å². The summed E-state index contributed by atoms with van der Waals surface area (Å²) in [6.45, 7) is 8.65. The van der Waals surface area contributed by atoms with Crippen molar-refractivity contribution in [2.24, 2.45) is 5.84 Å². The molecule has 0 saturated carbocycles. The Morgan fingerprint density at radius 1 is 1.56 bits per heavy atom. The van der Waals surface area contributed by atoms with Gasteiger partial charge in [-0.05, 0) is 19.5 Å². The summed E-state index contributed by atoms with van der Waals surface area (Å²) >= 11 is 0. The van der Waals surface area contributed by atoms with Gasteiger partial charge in [0.15, 0.2) is 0 Å². The Kier molecular flexibility index (Phi) is 6.56. The lowest BCUT2D eigenvalue weighted by molar-refractivity contribution is -0.128. The van der Waals surface area contributed by atoms with Crippen LogP contribution in [0.4, 0.5) is 0 Å². The van der Waals surface area contributed by atoms with Crippen molar-refractivity contribution in [2.75, 3.05) is 39.9 Å². The van der Waals surface area contributed by atoms with Gasteiger partial charge in [0, 0.05) is 26.2 Å². The summed E-state index contributed by atoms with van der Waals surface area (Å²) in [5.41, 5.74) is 2.22. The summed E-state index contributed by atoms with van der Waals surface area (Å²) < 4.78 is 5.12. The summed E-state index contributed by atoms with van der Waals surface area (Å²) in [7, 11) is 1.61. The van der Waals surface area contributed by atoms with Crippen molar-refractivity contribution in [3.63, 3.8) is 0 Å². The predicted molar refractivity (Wildman–Crippen MR) is 70.9 cm³/mol. The predicted octanol–water partition coefficient (Wildman–Crippen LogP) is -0.593. The molecule has 6 heteroatoms. The molecule has 1 saturated heterocycles. The molecule has 1 aliphatic heterocycles. The lowest BCUT2D eigenvalue weighted by Gasteiger charge is -2.28. The number of hydrazine groups is 1. The molecule has 6 nitrogen and oxygen atoms in total. The number of nitrogens with zero attached hydrogens (tertiary/aromatic N) is 2. The van der Waals surface area contributed by atoms with Crippen LogP contribution in [0.5, 0.6) is 0 Å². The van der Waals surface area contributed by atoms with Crippen molar-refractivity contribution >= 4 is 5.91 Å². The first-order valence-corrected chi connectivity index (χ1v) is 6.65. The topological polar surface area (TPSA) is 70.8 Å². The molecule has 2 unspecified atom stereocenters. The van der Waals surface area contributed by atoms with Gasteiger partial charge in [0.25, 0.3) is 5.91 Å². The molecule has 3 N–H and O–H groups in total. The van der Waals surface area contributed by atoms with Crippen LogP contribution in [0.1, 0.15) is 20.3 Å². The minimum atomic E-state index is -0.277. The van der Waals surface area contributed by atoms with Crippen molar-refractivity contribution in [3.8, 4) is 0 Å². The van der Waals surface area contributed by atoms with E-state index in [1.807, 2.05) is 0 Å². The summed E-state index contributed by atoms with van der Waals surface area (Å²) in [5.74, 6) is 5.06. The Bertz CT molecular complexity index is 258. The van der Waals surface area contributed by atoms with E-state index in [1.54, 1.807) is 7.11 Å². The van der Waals surface area contributed by atoms with Gasteiger partial charge >= 0.3 is 0 Å². The molecule has 1 fully saturated rings. The van der Waals surface area contributed by atoms with Gasteiger partial charge in [0.2, 0.25) is 0 Å². The van der Waals surface area contributed by atoms with E-state index in [-0.39, 0.29) is 11.9 Å². The third-order valence-electron chi connectivity index (χ3n) is 3.73. The van der Waals surface area contributed by atoms with E-state index >= 15 is 0 Å². The molecule has 0 aromatic carbocycles. The molecule has 106 valence electrons. The molecule has 1 heterocycles. The average molecular weight is 258 g/mol. The molecule has 1 aliphatic rings. The van der Waals surface area contributed by atoms with Gasteiger partial charge in [-0.1, -0.05) is 13.8 Å². The number of rotatable bonds is 7. The first-order chi connectivity index (χ1) is 8.67. The van der Waals surface area contributed by atoms with E-state index in [4.69, 9.17) is 10.6 Å². The average Bonchev–Trinajstić information content (AvgIpc) is 2.86. The van der Waals surface area contributed by atoms with Gasteiger partial charge in [-0.25, -0.2) is 5.84 Å². The second kappa shape index (κ2) is 7.68. The van der Waals surface area contributed by atoms with Crippen molar-refractivity contribution in [3.05, 3.63) is 0 Å². The Morgan fingerprint density at radius 3 is 2.72 bits per heavy atom. The highest BCUT2D eigenvalue weighted by Crippen LogP contribution is 2.18. The molecular formula is C12H26N4O2. The van der Waals surface area contributed by atoms with Crippen LogP contribution in [-0.4, -0.2) is 67.7 Å². The fraction of sp³-hybridized carbons (Fsp3) is 0.917. The van der Waals surface area contributed by atoms with Gasteiger partial charge < -0.3 is 4.74 Å². The number of likely N-dealkylation sites (N-methyl/N-ethyl adjacent to an activating group) is 1. The SMILES string of the molecule is CCN(CC)C1CCN(C(COC)C(=O)NN)C1. The zero-order valence-corrected chi connectivity index (χ0v) is 11.7. The van der Waals surface area contributed by atoms with E-state index in [2.05, 4.69) is 29.1 Å². The van der Waals surface area contributed by atoms with Crippen LogP contribution in [0.25, 0.3) is 0 Å². The van der Waals surface area contributed by atoms with Crippen molar-refractivity contribution < 1.29 is 9.53 Å². The highest BCUT2D eigenvalue weighted by atomic mass is 16.5. The van der Waals surface area contributed by atoms with Gasteiger partial charge in [-0.15, -0.1) is 0 Å². The van der Waals surface area contributed by atoms with Crippen LogP contribution in [0.2, 0.25) is 0 Å². The van der Waals surface area contributed by atoms with Crippen LogP contribution in [0, 0.1) is 0 Å². The number of ether oxygens (including phenoxy) is 1. The van der Waals surface area contributed by atoms with Crippen LogP contribution in [0.3, 0.4) is 0 Å². The highest BCUT2D eigenvalue weighted by Gasteiger charge is 2.33.